The Bertz CT molecular complexity index is 471. The Morgan fingerprint density at radius 1 is 1.38 bits per heavy atom. The highest BCUT2D eigenvalue weighted by atomic mass is 16.5. The van der Waals surface area contributed by atoms with E-state index in [4.69, 9.17) is 4.74 Å². The van der Waals surface area contributed by atoms with Gasteiger partial charge in [-0.25, -0.2) is 4.79 Å². The van der Waals surface area contributed by atoms with Crippen LogP contribution in [0.1, 0.15) is 20.3 Å². The Morgan fingerprint density at radius 3 is 2.56 bits per heavy atom. The zero-order valence-electron chi connectivity index (χ0n) is 10.2. The molecule has 5 heteroatoms. The van der Waals surface area contributed by atoms with Gasteiger partial charge in [-0.15, -0.1) is 0 Å². The second-order valence-corrected chi connectivity index (χ2v) is 4.41. The summed E-state index contributed by atoms with van der Waals surface area (Å²) < 4.78 is 7.86. The fourth-order valence-corrected chi connectivity index (χ4v) is 1.30. The number of hydrogen-bond donors (Lipinski definition) is 0. The number of methoxy groups -OCH3 is 1. The molecule has 0 aliphatic rings. The van der Waals surface area contributed by atoms with Crippen LogP contribution in [0.3, 0.4) is 0 Å². The van der Waals surface area contributed by atoms with Crippen LogP contribution in [0, 0.1) is 0 Å². The van der Waals surface area contributed by atoms with E-state index in [2.05, 4.69) is 0 Å². The number of ether oxygens (including phenoxy) is 1. The van der Waals surface area contributed by atoms with Gasteiger partial charge in [0.05, 0.1) is 5.60 Å². The molecule has 0 saturated heterocycles. The summed E-state index contributed by atoms with van der Waals surface area (Å²) in [6.07, 6.45) is 2.09. The van der Waals surface area contributed by atoms with Crippen LogP contribution in [-0.4, -0.2) is 21.8 Å². The highest BCUT2D eigenvalue weighted by molar-refractivity contribution is 4.86. The lowest BCUT2D eigenvalue weighted by Crippen LogP contribution is -2.39. The van der Waals surface area contributed by atoms with Gasteiger partial charge in [0.2, 0.25) is 0 Å². The Balaban J connectivity index is 2.95. The van der Waals surface area contributed by atoms with Crippen molar-refractivity contribution < 1.29 is 4.74 Å². The SMILES string of the molecule is COC(C)(C)CCn1c(=O)ccn(C)c1=O. The minimum absolute atomic E-state index is 0.269. The Morgan fingerprint density at radius 2 is 2.00 bits per heavy atom. The molecule has 16 heavy (non-hydrogen) atoms. The van der Waals surface area contributed by atoms with E-state index >= 15 is 0 Å². The van der Waals surface area contributed by atoms with E-state index in [1.54, 1.807) is 14.2 Å². The largest absolute Gasteiger partial charge is 0.379 e. The molecule has 0 aliphatic carbocycles. The average molecular weight is 226 g/mol. The maximum absolute atomic E-state index is 11.7. The molecule has 0 radical (unpaired) electrons. The van der Waals surface area contributed by atoms with Crippen molar-refractivity contribution in [3.8, 4) is 0 Å². The van der Waals surface area contributed by atoms with Crippen molar-refractivity contribution in [2.75, 3.05) is 7.11 Å². The van der Waals surface area contributed by atoms with Crippen molar-refractivity contribution in [3.63, 3.8) is 0 Å². The van der Waals surface area contributed by atoms with Crippen LogP contribution in [-0.2, 0) is 18.3 Å². The Labute approximate surface area is 94.3 Å². The lowest BCUT2D eigenvalue weighted by molar-refractivity contribution is 0.0115. The first-order valence-corrected chi connectivity index (χ1v) is 5.19. The Hall–Kier alpha value is -1.36. The van der Waals surface area contributed by atoms with E-state index in [0.29, 0.717) is 13.0 Å². The zero-order chi connectivity index (χ0) is 12.3. The molecule has 0 aliphatic heterocycles. The van der Waals surface area contributed by atoms with Gasteiger partial charge < -0.3 is 9.30 Å². The highest BCUT2D eigenvalue weighted by Crippen LogP contribution is 2.12. The van der Waals surface area contributed by atoms with E-state index in [1.807, 2.05) is 13.8 Å². The molecule has 0 fully saturated rings. The normalized spacial score (nSPS) is 11.8. The van der Waals surface area contributed by atoms with Crippen molar-refractivity contribution in [1.82, 2.24) is 9.13 Å². The summed E-state index contributed by atoms with van der Waals surface area (Å²) >= 11 is 0. The summed E-state index contributed by atoms with van der Waals surface area (Å²) in [5, 5.41) is 0. The van der Waals surface area contributed by atoms with Gasteiger partial charge in [-0.2, -0.15) is 0 Å². The second kappa shape index (κ2) is 4.65. The van der Waals surface area contributed by atoms with Crippen LogP contribution in [0.15, 0.2) is 21.9 Å². The first kappa shape index (κ1) is 12.7. The number of nitrogens with zero attached hydrogens (tertiary/aromatic N) is 2. The third-order valence-corrected chi connectivity index (χ3v) is 2.73. The maximum atomic E-state index is 11.7. The van der Waals surface area contributed by atoms with Gasteiger partial charge in [0, 0.05) is 33.0 Å². The number of rotatable bonds is 4. The van der Waals surface area contributed by atoms with Gasteiger partial charge in [0.1, 0.15) is 0 Å². The van der Waals surface area contributed by atoms with Crippen molar-refractivity contribution in [1.29, 1.82) is 0 Å². The highest BCUT2D eigenvalue weighted by Gasteiger charge is 2.17. The standard InChI is InChI=1S/C11H18N2O3/c1-11(2,16-4)6-8-13-9(14)5-7-12(3)10(13)15/h5,7H,6,8H2,1-4H3. The second-order valence-electron chi connectivity index (χ2n) is 4.41. The molecule has 0 atom stereocenters. The van der Waals surface area contributed by atoms with E-state index in [1.165, 1.54) is 21.4 Å². The predicted octanol–water partition coefficient (Wildman–Crippen LogP) is 0.362. The molecule has 0 saturated carbocycles. The quantitative estimate of drug-likeness (QED) is 0.745. The molecular weight excluding hydrogens is 208 g/mol. The molecule has 0 aromatic carbocycles. The van der Waals surface area contributed by atoms with Gasteiger partial charge in [-0.05, 0) is 20.3 Å². The number of aryl methyl sites for hydroxylation is 1. The van der Waals surface area contributed by atoms with Gasteiger partial charge in [-0.3, -0.25) is 9.36 Å². The molecule has 1 aromatic heterocycles. The van der Waals surface area contributed by atoms with Crippen LogP contribution < -0.4 is 11.2 Å². The predicted molar refractivity (Wildman–Crippen MR) is 61.6 cm³/mol. The van der Waals surface area contributed by atoms with Crippen molar-refractivity contribution in [2.24, 2.45) is 7.05 Å². The van der Waals surface area contributed by atoms with Crippen molar-refractivity contribution in [2.45, 2.75) is 32.4 Å². The summed E-state index contributed by atoms with van der Waals surface area (Å²) in [5.41, 5.74) is -0.894. The summed E-state index contributed by atoms with van der Waals surface area (Å²) in [6, 6.07) is 1.39. The minimum atomic E-state index is -0.333. The van der Waals surface area contributed by atoms with E-state index in [-0.39, 0.29) is 16.9 Å². The molecule has 0 N–H and O–H groups in total. The molecule has 0 spiro atoms. The molecule has 5 nitrogen and oxygen atoms in total. The third kappa shape index (κ3) is 2.82. The van der Waals surface area contributed by atoms with Crippen LogP contribution in [0.2, 0.25) is 0 Å². The smallest absolute Gasteiger partial charge is 0.330 e. The first-order valence-electron chi connectivity index (χ1n) is 5.19. The zero-order valence-corrected chi connectivity index (χ0v) is 10.2. The average Bonchev–Trinajstić information content (AvgIpc) is 2.24. The maximum Gasteiger partial charge on any atom is 0.330 e. The third-order valence-electron chi connectivity index (χ3n) is 2.73. The first-order chi connectivity index (χ1) is 7.37. The topological polar surface area (TPSA) is 53.2 Å². The fourth-order valence-electron chi connectivity index (χ4n) is 1.30. The van der Waals surface area contributed by atoms with Gasteiger partial charge >= 0.3 is 5.69 Å². The molecular formula is C11H18N2O3. The number of hydrogen-bond acceptors (Lipinski definition) is 3. The van der Waals surface area contributed by atoms with Crippen molar-refractivity contribution in [3.05, 3.63) is 33.1 Å². The molecule has 0 bridgehead atoms. The van der Waals surface area contributed by atoms with Crippen LogP contribution in [0.4, 0.5) is 0 Å². The lowest BCUT2D eigenvalue weighted by atomic mass is 10.1. The molecule has 0 unspecified atom stereocenters. The summed E-state index contributed by atoms with van der Waals surface area (Å²) in [4.78, 5) is 23.2. The van der Waals surface area contributed by atoms with E-state index < -0.39 is 0 Å². The summed E-state index contributed by atoms with van der Waals surface area (Å²) in [6.45, 7) is 4.21. The van der Waals surface area contributed by atoms with E-state index in [0.717, 1.165) is 0 Å². The van der Waals surface area contributed by atoms with Crippen LogP contribution in [0.5, 0.6) is 0 Å². The van der Waals surface area contributed by atoms with Gasteiger partial charge in [-0.1, -0.05) is 0 Å². The summed E-state index contributed by atoms with van der Waals surface area (Å²) in [5.74, 6) is 0. The van der Waals surface area contributed by atoms with Crippen LogP contribution >= 0.6 is 0 Å². The van der Waals surface area contributed by atoms with Gasteiger partial charge in [0.25, 0.3) is 5.56 Å². The number of aromatic nitrogens is 2. The molecule has 1 rings (SSSR count). The Kier molecular flexibility index (Phi) is 3.70. The lowest BCUT2D eigenvalue weighted by Gasteiger charge is -2.22. The van der Waals surface area contributed by atoms with E-state index in [9.17, 15) is 9.59 Å². The van der Waals surface area contributed by atoms with Gasteiger partial charge in [0.15, 0.2) is 0 Å². The minimum Gasteiger partial charge on any atom is -0.379 e. The van der Waals surface area contributed by atoms with Crippen LogP contribution in [0.25, 0.3) is 0 Å². The van der Waals surface area contributed by atoms with Crippen molar-refractivity contribution >= 4 is 0 Å². The molecule has 1 aromatic rings. The fraction of sp³-hybridized carbons (Fsp3) is 0.636. The molecule has 1 heterocycles. The molecule has 90 valence electrons. The monoisotopic (exact) mass is 226 g/mol. The summed E-state index contributed by atoms with van der Waals surface area (Å²) in [7, 11) is 3.24. The molecule has 0 amide bonds.